The zero-order chi connectivity index (χ0) is 13.1. The lowest BCUT2D eigenvalue weighted by Crippen LogP contribution is -2.30. The van der Waals surface area contributed by atoms with Gasteiger partial charge in [0.1, 0.15) is 0 Å². The summed E-state index contributed by atoms with van der Waals surface area (Å²) < 4.78 is 0. The van der Waals surface area contributed by atoms with E-state index in [1.54, 1.807) is 0 Å². The second-order valence-electron chi connectivity index (χ2n) is 6.32. The smallest absolute Gasteiger partial charge is 0.0406 e. The van der Waals surface area contributed by atoms with Crippen LogP contribution in [0.1, 0.15) is 44.1 Å². The maximum atomic E-state index is 5.97. The molecule has 0 aromatic heterocycles. The molecule has 1 aromatic carbocycles. The third-order valence-corrected chi connectivity index (χ3v) is 4.98. The van der Waals surface area contributed by atoms with Crippen LogP contribution in [0.2, 0.25) is 5.02 Å². The van der Waals surface area contributed by atoms with Gasteiger partial charge in [0.05, 0.1) is 0 Å². The molecule has 3 rings (SSSR count). The summed E-state index contributed by atoms with van der Waals surface area (Å²) in [7, 11) is 0. The zero-order valence-electron chi connectivity index (χ0n) is 11.6. The van der Waals surface area contributed by atoms with E-state index in [1.165, 1.54) is 57.1 Å². The van der Waals surface area contributed by atoms with Crippen molar-refractivity contribution in [1.29, 1.82) is 0 Å². The maximum Gasteiger partial charge on any atom is 0.0406 e. The van der Waals surface area contributed by atoms with E-state index in [1.807, 2.05) is 12.1 Å². The van der Waals surface area contributed by atoms with Crippen LogP contribution < -0.4 is 5.32 Å². The van der Waals surface area contributed by atoms with Crippen molar-refractivity contribution in [1.82, 2.24) is 5.32 Å². The number of halogens is 1. The Bertz CT molecular complexity index is 390. The predicted molar refractivity (Wildman–Crippen MR) is 81.6 cm³/mol. The minimum Gasteiger partial charge on any atom is -0.314 e. The van der Waals surface area contributed by atoms with Gasteiger partial charge in [-0.05, 0) is 55.3 Å². The van der Waals surface area contributed by atoms with Gasteiger partial charge in [0, 0.05) is 11.1 Å². The van der Waals surface area contributed by atoms with Crippen molar-refractivity contribution in [2.75, 3.05) is 6.54 Å². The fourth-order valence-corrected chi connectivity index (χ4v) is 3.49. The maximum absolute atomic E-state index is 5.97. The first-order valence-corrected chi connectivity index (χ1v) is 8.17. The lowest BCUT2D eigenvalue weighted by Gasteiger charge is -2.24. The number of hydrogen-bond donors (Lipinski definition) is 1. The van der Waals surface area contributed by atoms with Gasteiger partial charge in [0.2, 0.25) is 0 Å². The van der Waals surface area contributed by atoms with E-state index in [0.717, 1.165) is 22.9 Å². The van der Waals surface area contributed by atoms with E-state index in [0.29, 0.717) is 0 Å². The molecule has 2 fully saturated rings. The van der Waals surface area contributed by atoms with Crippen molar-refractivity contribution in [2.45, 2.75) is 51.0 Å². The average molecular weight is 278 g/mol. The first-order chi connectivity index (χ1) is 9.31. The van der Waals surface area contributed by atoms with E-state index in [9.17, 15) is 0 Å². The molecule has 0 saturated heterocycles. The fraction of sp³-hybridized carbons (Fsp3) is 0.647. The molecule has 2 heteroatoms. The Hall–Kier alpha value is -0.530. The summed E-state index contributed by atoms with van der Waals surface area (Å²) in [6.07, 6.45) is 9.73. The standard InChI is InChI=1S/C17H24ClN/c18-16-7-5-13(6-8-16)11-15(12-19-17-9-10-17)14-3-1-2-4-14/h5-8,14-15,17,19H,1-4,9-12H2. The lowest BCUT2D eigenvalue weighted by molar-refractivity contribution is 0.320. The molecule has 1 nitrogen and oxygen atoms in total. The van der Waals surface area contributed by atoms with E-state index >= 15 is 0 Å². The van der Waals surface area contributed by atoms with Gasteiger partial charge in [-0.1, -0.05) is 49.4 Å². The molecule has 19 heavy (non-hydrogen) atoms. The van der Waals surface area contributed by atoms with Gasteiger partial charge in [-0.15, -0.1) is 0 Å². The normalized spacial score (nSPS) is 21.7. The van der Waals surface area contributed by atoms with Crippen molar-refractivity contribution in [2.24, 2.45) is 11.8 Å². The van der Waals surface area contributed by atoms with Crippen LogP contribution in [0.15, 0.2) is 24.3 Å². The minimum absolute atomic E-state index is 0.810. The molecule has 0 radical (unpaired) electrons. The van der Waals surface area contributed by atoms with Gasteiger partial charge in [0.25, 0.3) is 0 Å². The Kier molecular flexibility index (Phi) is 4.45. The third-order valence-electron chi connectivity index (χ3n) is 4.72. The zero-order valence-corrected chi connectivity index (χ0v) is 12.3. The van der Waals surface area contributed by atoms with Crippen LogP contribution in [0.5, 0.6) is 0 Å². The minimum atomic E-state index is 0.810. The summed E-state index contributed by atoms with van der Waals surface area (Å²) >= 11 is 5.97. The Labute approximate surface area is 121 Å². The van der Waals surface area contributed by atoms with Gasteiger partial charge in [-0.2, -0.15) is 0 Å². The molecule has 0 heterocycles. The summed E-state index contributed by atoms with van der Waals surface area (Å²) in [6.45, 7) is 1.21. The highest BCUT2D eigenvalue weighted by Gasteiger charge is 2.27. The van der Waals surface area contributed by atoms with Crippen LogP contribution in [-0.4, -0.2) is 12.6 Å². The van der Waals surface area contributed by atoms with Crippen molar-refractivity contribution in [3.05, 3.63) is 34.9 Å². The number of hydrogen-bond acceptors (Lipinski definition) is 1. The Morgan fingerprint density at radius 1 is 1.05 bits per heavy atom. The van der Waals surface area contributed by atoms with E-state index < -0.39 is 0 Å². The molecule has 1 aromatic rings. The molecular weight excluding hydrogens is 254 g/mol. The molecule has 1 N–H and O–H groups in total. The molecular formula is C17H24ClN. The molecule has 2 aliphatic carbocycles. The topological polar surface area (TPSA) is 12.0 Å². The summed E-state index contributed by atoms with van der Waals surface area (Å²) in [5.41, 5.74) is 1.44. The molecule has 0 bridgehead atoms. The van der Waals surface area contributed by atoms with Crippen LogP contribution in [0.3, 0.4) is 0 Å². The van der Waals surface area contributed by atoms with E-state index in [4.69, 9.17) is 11.6 Å². The van der Waals surface area contributed by atoms with Gasteiger partial charge >= 0.3 is 0 Å². The highest BCUT2D eigenvalue weighted by Crippen LogP contribution is 2.33. The van der Waals surface area contributed by atoms with E-state index in [-0.39, 0.29) is 0 Å². The summed E-state index contributed by atoms with van der Waals surface area (Å²) in [6, 6.07) is 9.27. The average Bonchev–Trinajstić information content (AvgIpc) is 3.09. The Balaban J connectivity index is 1.61. The SMILES string of the molecule is Clc1ccc(CC(CNC2CC2)C2CCCC2)cc1. The molecule has 2 aliphatic rings. The molecule has 0 aliphatic heterocycles. The van der Waals surface area contributed by atoms with Gasteiger partial charge in [-0.3, -0.25) is 0 Å². The second kappa shape index (κ2) is 6.28. The Morgan fingerprint density at radius 3 is 2.37 bits per heavy atom. The quantitative estimate of drug-likeness (QED) is 0.810. The summed E-state index contributed by atoms with van der Waals surface area (Å²) in [5.74, 6) is 1.74. The highest BCUT2D eigenvalue weighted by atomic mass is 35.5. The summed E-state index contributed by atoms with van der Waals surface area (Å²) in [4.78, 5) is 0. The van der Waals surface area contributed by atoms with Crippen LogP contribution in [-0.2, 0) is 6.42 Å². The van der Waals surface area contributed by atoms with Gasteiger partial charge < -0.3 is 5.32 Å². The predicted octanol–water partition coefficient (Wildman–Crippen LogP) is 4.44. The molecule has 104 valence electrons. The van der Waals surface area contributed by atoms with Crippen LogP contribution >= 0.6 is 11.6 Å². The van der Waals surface area contributed by atoms with Crippen LogP contribution in [0.25, 0.3) is 0 Å². The largest absolute Gasteiger partial charge is 0.314 e. The summed E-state index contributed by atoms with van der Waals surface area (Å²) in [5, 5.41) is 4.58. The van der Waals surface area contributed by atoms with Gasteiger partial charge in [0.15, 0.2) is 0 Å². The molecule has 2 saturated carbocycles. The lowest BCUT2D eigenvalue weighted by atomic mass is 9.85. The number of benzene rings is 1. The number of rotatable bonds is 6. The monoisotopic (exact) mass is 277 g/mol. The molecule has 1 unspecified atom stereocenters. The van der Waals surface area contributed by atoms with Crippen LogP contribution in [0.4, 0.5) is 0 Å². The highest BCUT2D eigenvalue weighted by molar-refractivity contribution is 6.30. The van der Waals surface area contributed by atoms with Crippen molar-refractivity contribution >= 4 is 11.6 Å². The second-order valence-corrected chi connectivity index (χ2v) is 6.75. The molecule has 0 spiro atoms. The van der Waals surface area contributed by atoms with Gasteiger partial charge in [-0.25, -0.2) is 0 Å². The van der Waals surface area contributed by atoms with Crippen molar-refractivity contribution in [3.63, 3.8) is 0 Å². The number of nitrogens with one attached hydrogen (secondary N) is 1. The molecule has 0 amide bonds. The van der Waals surface area contributed by atoms with Crippen molar-refractivity contribution in [3.8, 4) is 0 Å². The Morgan fingerprint density at radius 2 is 1.74 bits per heavy atom. The van der Waals surface area contributed by atoms with Crippen molar-refractivity contribution < 1.29 is 0 Å². The molecule has 1 atom stereocenters. The first-order valence-electron chi connectivity index (χ1n) is 7.79. The first kappa shape index (κ1) is 13.5. The van der Waals surface area contributed by atoms with Crippen LogP contribution in [0, 0.1) is 11.8 Å². The fourth-order valence-electron chi connectivity index (χ4n) is 3.36. The third kappa shape index (κ3) is 3.97. The van der Waals surface area contributed by atoms with E-state index in [2.05, 4.69) is 17.4 Å².